The van der Waals surface area contributed by atoms with E-state index in [0.29, 0.717) is 40.2 Å². The maximum atomic E-state index is 12.8. The van der Waals surface area contributed by atoms with Crippen LogP contribution in [0.2, 0.25) is 9.36 Å². The maximum absolute atomic E-state index is 12.8. The number of thiophene rings is 1. The lowest BCUT2D eigenvalue weighted by molar-refractivity contribution is -0.119. The summed E-state index contributed by atoms with van der Waals surface area (Å²) in [6.45, 7) is 0.291. The molecule has 6 nitrogen and oxygen atoms in total. The van der Waals surface area contributed by atoms with Gasteiger partial charge in [-0.05, 0) is 43.2 Å². The van der Waals surface area contributed by atoms with Gasteiger partial charge in [-0.3, -0.25) is 4.79 Å². The quantitative estimate of drug-likeness (QED) is 0.774. The normalized spacial score (nSPS) is 18.0. The van der Waals surface area contributed by atoms with Gasteiger partial charge < -0.3 is 10.1 Å². The van der Waals surface area contributed by atoms with E-state index in [1.807, 2.05) is 0 Å². The molecule has 0 radical (unpaired) electrons. The standard InChI is InChI=1S/C16H16Cl2N2O4S2/c1-24-13-5-4-10(9-11(13)17)19-16(21)12-3-2-8-20(12)26(22,23)15-7-6-14(18)25-15/h4-7,9,12H,2-3,8H2,1H3,(H,19,21)/t12-/m1/s1. The number of rotatable bonds is 5. The number of amides is 1. The summed E-state index contributed by atoms with van der Waals surface area (Å²) in [6, 6.07) is 7.05. The summed E-state index contributed by atoms with van der Waals surface area (Å²) in [5, 5.41) is 3.08. The Morgan fingerprint density at radius 1 is 1.31 bits per heavy atom. The zero-order valence-corrected chi connectivity index (χ0v) is 16.9. The van der Waals surface area contributed by atoms with Crippen LogP contribution in [0.3, 0.4) is 0 Å². The van der Waals surface area contributed by atoms with Crippen LogP contribution in [0.25, 0.3) is 0 Å². The number of halogens is 2. The summed E-state index contributed by atoms with van der Waals surface area (Å²) in [7, 11) is -2.27. The maximum Gasteiger partial charge on any atom is 0.253 e. The molecule has 140 valence electrons. The van der Waals surface area contributed by atoms with Crippen LogP contribution in [0.15, 0.2) is 34.5 Å². The Balaban J connectivity index is 1.79. The molecule has 10 heteroatoms. The molecule has 1 aliphatic heterocycles. The first kappa shape index (κ1) is 19.4. The van der Waals surface area contributed by atoms with E-state index in [1.54, 1.807) is 18.2 Å². The van der Waals surface area contributed by atoms with Gasteiger partial charge in [0, 0.05) is 12.2 Å². The lowest BCUT2D eigenvalue weighted by atomic mass is 10.2. The van der Waals surface area contributed by atoms with Crippen LogP contribution in [-0.2, 0) is 14.8 Å². The lowest BCUT2D eigenvalue weighted by Gasteiger charge is -2.22. The minimum absolute atomic E-state index is 0.134. The topological polar surface area (TPSA) is 75.7 Å². The van der Waals surface area contributed by atoms with Gasteiger partial charge in [-0.2, -0.15) is 4.31 Å². The minimum atomic E-state index is -3.76. The molecule has 2 aromatic rings. The molecule has 1 aromatic carbocycles. The predicted molar refractivity (Wildman–Crippen MR) is 103 cm³/mol. The second-order valence-electron chi connectivity index (χ2n) is 5.67. The van der Waals surface area contributed by atoms with Gasteiger partial charge in [0.1, 0.15) is 16.0 Å². The Hall–Kier alpha value is -1.32. The van der Waals surface area contributed by atoms with Crippen LogP contribution in [0.1, 0.15) is 12.8 Å². The minimum Gasteiger partial charge on any atom is -0.495 e. The highest BCUT2D eigenvalue weighted by atomic mass is 35.5. The molecule has 2 heterocycles. The smallest absolute Gasteiger partial charge is 0.253 e. The fraction of sp³-hybridized carbons (Fsp3) is 0.312. The Bertz CT molecular complexity index is 930. The summed E-state index contributed by atoms with van der Waals surface area (Å²) < 4.78 is 32.5. The Kier molecular flexibility index (Phi) is 5.78. The van der Waals surface area contributed by atoms with Crippen molar-refractivity contribution in [2.75, 3.05) is 19.0 Å². The van der Waals surface area contributed by atoms with Crippen LogP contribution in [0.5, 0.6) is 5.75 Å². The first-order valence-corrected chi connectivity index (χ1v) is 10.8. The fourth-order valence-electron chi connectivity index (χ4n) is 2.81. The Morgan fingerprint density at radius 3 is 2.69 bits per heavy atom. The molecule has 0 spiro atoms. The number of carbonyl (C=O) groups excluding carboxylic acids is 1. The van der Waals surface area contributed by atoms with E-state index in [9.17, 15) is 13.2 Å². The number of benzene rings is 1. The second kappa shape index (κ2) is 7.74. The number of carbonyl (C=O) groups is 1. The van der Waals surface area contributed by atoms with Gasteiger partial charge in [-0.1, -0.05) is 23.2 Å². The molecule has 1 atom stereocenters. The average Bonchev–Trinajstić information content (AvgIpc) is 3.24. The molecule has 3 rings (SSSR count). The van der Waals surface area contributed by atoms with Crippen molar-refractivity contribution in [3.8, 4) is 5.75 Å². The van der Waals surface area contributed by atoms with E-state index in [1.165, 1.54) is 23.5 Å². The number of methoxy groups -OCH3 is 1. The SMILES string of the molecule is COc1ccc(NC(=O)[C@H]2CCCN2S(=O)(=O)c2ccc(Cl)s2)cc1Cl. The van der Waals surface area contributed by atoms with Gasteiger partial charge in [0.2, 0.25) is 5.91 Å². The molecule has 0 bridgehead atoms. The summed E-state index contributed by atoms with van der Waals surface area (Å²) in [6.07, 6.45) is 1.06. The molecule has 0 saturated carbocycles. The zero-order valence-electron chi connectivity index (χ0n) is 13.7. The number of hydrogen-bond acceptors (Lipinski definition) is 5. The molecule has 1 aromatic heterocycles. The van der Waals surface area contributed by atoms with Crippen molar-refractivity contribution in [2.24, 2.45) is 0 Å². The monoisotopic (exact) mass is 434 g/mol. The van der Waals surface area contributed by atoms with Crippen molar-refractivity contribution in [3.05, 3.63) is 39.7 Å². The zero-order chi connectivity index (χ0) is 18.9. The largest absolute Gasteiger partial charge is 0.495 e. The van der Waals surface area contributed by atoms with Crippen molar-refractivity contribution in [2.45, 2.75) is 23.1 Å². The van der Waals surface area contributed by atoms with Crippen LogP contribution in [0, 0.1) is 0 Å². The third-order valence-electron chi connectivity index (χ3n) is 4.04. The van der Waals surface area contributed by atoms with Gasteiger partial charge >= 0.3 is 0 Å². The molecule has 0 unspecified atom stereocenters. The van der Waals surface area contributed by atoms with E-state index < -0.39 is 22.0 Å². The number of sulfonamides is 1. The van der Waals surface area contributed by atoms with Crippen LogP contribution in [0.4, 0.5) is 5.69 Å². The van der Waals surface area contributed by atoms with Crippen molar-refractivity contribution in [3.63, 3.8) is 0 Å². The van der Waals surface area contributed by atoms with E-state index in [0.717, 1.165) is 11.3 Å². The van der Waals surface area contributed by atoms with Gasteiger partial charge in [-0.25, -0.2) is 8.42 Å². The fourth-order valence-corrected chi connectivity index (χ4v) is 6.34. The van der Waals surface area contributed by atoms with E-state index in [-0.39, 0.29) is 4.21 Å². The van der Waals surface area contributed by atoms with Crippen molar-refractivity contribution in [1.29, 1.82) is 0 Å². The highest BCUT2D eigenvalue weighted by molar-refractivity contribution is 7.91. The van der Waals surface area contributed by atoms with Gasteiger partial charge in [0.05, 0.1) is 16.5 Å². The third kappa shape index (κ3) is 3.84. The summed E-state index contributed by atoms with van der Waals surface area (Å²) >= 11 is 12.9. The van der Waals surface area contributed by atoms with Crippen molar-refractivity contribution >= 4 is 56.2 Å². The number of nitrogens with zero attached hydrogens (tertiary/aromatic N) is 1. The number of nitrogens with one attached hydrogen (secondary N) is 1. The van der Waals surface area contributed by atoms with E-state index in [2.05, 4.69) is 5.32 Å². The van der Waals surface area contributed by atoms with Crippen LogP contribution >= 0.6 is 34.5 Å². The molecule has 1 fully saturated rings. The molecule has 1 aliphatic rings. The molecule has 1 saturated heterocycles. The van der Waals surface area contributed by atoms with Crippen LogP contribution in [-0.4, -0.2) is 38.3 Å². The molecular weight excluding hydrogens is 419 g/mol. The van der Waals surface area contributed by atoms with Crippen molar-refractivity contribution < 1.29 is 17.9 Å². The summed E-state index contributed by atoms with van der Waals surface area (Å²) in [4.78, 5) is 12.7. The number of anilines is 1. The van der Waals surface area contributed by atoms with Gasteiger partial charge in [0.15, 0.2) is 0 Å². The summed E-state index contributed by atoms with van der Waals surface area (Å²) in [5.41, 5.74) is 0.476. The highest BCUT2D eigenvalue weighted by Gasteiger charge is 2.40. The molecule has 1 N–H and O–H groups in total. The molecular formula is C16H16Cl2N2O4S2. The highest BCUT2D eigenvalue weighted by Crippen LogP contribution is 2.33. The van der Waals surface area contributed by atoms with Gasteiger partial charge in [0.25, 0.3) is 10.0 Å². The predicted octanol–water partition coefficient (Wildman–Crippen LogP) is 3.86. The molecule has 26 heavy (non-hydrogen) atoms. The van der Waals surface area contributed by atoms with Crippen molar-refractivity contribution in [1.82, 2.24) is 4.31 Å². The van der Waals surface area contributed by atoms with Crippen LogP contribution < -0.4 is 10.1 Å². The Morgan fingerprint density at radius 2 is 2.08 bits per heavy atom. The number of ether oxygens (including phenoxy) is 1. The summed E-state index contributed by atoms with van der Waals surface area (Å²) in [5.74, 6) is 0.0965. The molecule has 1 amide bonds. The number of hydrogen-bond donors (Lipinski definition) is 1. The first-order valence-electron chi connectivity index (χ1n) is 7.74. The molecule has 0 aliphatic carbocycles. The average molecular weight is 435 g/mol. The Labute approximate surface area is 165 Å². The van der Waals surface area contributed by atoms with E-state index in [4.69, 9.17) is 27.9 Å². The first-order chi connectivity index (χ1) is 12.3. The van der Waals surface area contributed by atoms with Gasteiger partial charge in [-0.15, -0.1) is 11.3 Å². The van der Waals surface area contributed by atoms with E-state index >= 15 is 0 Å². The lowest BCUT2D eigenvalue weighted by Crippen LogP contribution is -2.42. The second-order valence-corrected chi connectivity index (χ2v) is 9.91. The third-order valence-corrected chi connectivity index (χ3v) is 7.94.